The molecule has 0 radical (unpaired) electrons. The molecule has 0 spiro atoms. The van der Waals surface area contributed by atoms with Crippen molar-refractivity contribution in [2.75, 3.05) is 18.0 Å². The lowest BCUT2D eigenvalue weighted by atomic mass is 10.0. The Morgan fingerprint density at radius 1 is 1.32 bits per heavy atom. The summed E-state index contributed by atoms with van der Waals surface area (Å²) < 4.78 is 0. The van der Waals surface area contributed by atoms with Crippen molar-refractivity contribution in [2.45, 2.75) is 26.7 Å². The number of urea groups is 1. The number of hydrogen-bond acceptors (Lipinski definition) is 2. The topological polar surface area (TPSA) is 69.6 Å². The van der Waals surface area contributed by atoms with Crippen molar-refractivity contribution in [1.82, 2.24) is 5.32 Å². The molecule has 0 atom stereocenters. The highest BCUT2D eigenvalue weighted by atomic mass is 16.4. The number of nitrogens with one attached hydrogen (secondary N) is 1. The van der Waals surface area contributed by atoms with Crippen molar-refractivity contribution in [3.05, 3.63) is 28.8 Å². The molecule has 102 valence electrons. The number of nitrogens with zero attached hydrogens (tertiary/aromatic N) is 1. The average Bonchev–Trinajstić information content (AvgIpc) is 2.72. The van der Waals surface area contributed by atoms with Gasteiger partial charge < -0.3 is 10.4 Å². The highest BCUT2D eigenvalue weighted by molar-refractivity contribution is 5.94. The van der Waals surface area contributed by atoms with Gasteiger partial charge in [0, 0.05) is 18.8 Å². The molecule has 1 aromatic carbocycles. The SMILES string of the molecule is Cc1cc2c(cc1C)N(C(=O)NCCC(=O)O)CC2. The predicted molar refractivity (Wildman–Crippen MR) is 72.6 cm³/mol. The molecule has 0 saturated carbocycles. The van der Waals surface area contributed by atoms with Crippen LogP contribution in [0, 0.1) is 13.8 Å². The summed E-state index contributed by atoms with van der Waals surface area (Å²) in [4.78, 5) is 24.1. The fourth-order valence-corrected chi connectivity index (χ4v) is 2.25. The summed E-state index contributed by atoms with van der Waals surface area (Å²) in [6, 6.07) is 3.92. The van der Waals surface area contributed by atoms with E-state index < -0.39 is 5.97 Å². The van der Waals surface area contributed by atoms with E-state index in [1.807, 2.05) is 13.0 Å². The van der Waals surface area contributed by atoms with Crippen LogP contribution < -0.4 is 10.2 Å². The number of carbonyl (C=O) groups is 2. The average molecular weight is 262 g/mol. The first kappa shape index (κ1) is 13.4. The predicted octanol–water partition coefficient (Wildman–Crippen LogP) is 1.85. The molecular weight excluding hydrogens is 244 g/mol. The van der Waals surface area contributed by atoms with E-state index in [0.717, 1.165) is 17.7 Å². The monoisotopic (exact) mass is 262 g/mol. The maximum Gasteiger partial charge on any atom is 0.321 e. The zero-order valence-corrected chi connectivity index (χ0v) is 11.2. The lowest BCUT2D eigenvalue weighted by Crippen LogP contribution is -2.39. The smallest absolute Gasteiger partial charge is 0.321 e. The first-order chi connectivity index (χ1) is 8.99. The van der Waals surface area contributed by atoms with Crippen LogP contribution in [0.15, 0.2) is 12.1 Å². The van der Waals surface area contributed by atoms with Crippen LogP contribution in [0.25, 0.3) is 0 Å². The van der Waals surface area contributed by atoms with Crippen LogP contribution >= 0.6 is 0 Å². The molecule has 2 rings (SSSR count). The van der Waals surface area contributed by atoms with Crippen LogP contribution in [0.5, 0.6) is 0 Å². The summed E-state index contributed by atoms with van der Waals surface area (Å²) in [5.41, 5.74) is 4.50. The number of benzene rings is 1. The molecule has 1 aliphatic rings. The maximum absolute atomic E-state index is 12.0. The lowest BCUT2D eigenvalue weighted by molar-refractivity contribution is -0.136. The summed E-state index contributed by atoms with van der Waals surface area (Å²) in [7, 11) is 0. The number of anilines is 1. The Balaban J connectivity index is 2.07. The first-order valence-electron chi connectivity index (χ1n) is 6.36. The van der Waals surface area contributed by atoms with Gasteiger partial charge in [0.1, 0.15) is 0 Å². The zero-order valence-electron chi connectivity index (χ0n) is 11.2. The van der Waals surface area contributed by atoms with Gasteiger partial charge in [-0.1, -0.05) is 6.07 Å². The molecule has 0 aromatic heterocycles. The van der Waals surface area contributed by atoms with Crippen molar-refractivity contribution in [1.29, 1.82) is 0 Å². The Morgan fingerprint density at radius 3 is 2.68 bits per heavy atom. The van der Waals surface area contributed by atoms with Gasteiger partial charge in [0.25, 0.3) is 0 Å². The number of amides is 2. The molecule has 0 aliphatic carbocycles. The fourth-order valence-electron chi connectivity index (χ4n) is 2.25. The molecular formula is C14H18N2O3. The van der Waals surface area contributed by atoms with Gasteiger partial charge in [-0.05, 0) is 43.0 Å². The van der Waals surface area contributed by atoms with Gasteiger partial charge in [0.2, 0.25) is 0 Å². The minimum absolute atomic E-state index is 0.0562. The van der Waals surface area contributed by atoms with Crippen LogP contribution in [0.4, 0.5) is 10.5 Å². The van der Waals surface area contributed by atoms with E-state index in [-0.39, 0.29) is 19.0 Å². The highest BCUT2D eigenvalue weighted by Crippen LogP contribution is 2.30. The van der Waals surface area contributed by atoms with Gasteiger partial charge in [0.15, 0.2) is 0 Å². The van der Waals surface area contributed by atoms with Gasteiger partial charge >= 0.3 is 12.0 Å². The van der Waals surface area contributed by atoms with E-state index >= 15 is 0 Å². The summed E-state index contributed by atoms with van der Waals surface area (Å²) in [6.45, 7) is 4.89. The molecule has 19 heavy (non-hydrogen) atoms. The number of aryl methyl sites for hydroxylation is 2. The van der Waals surface area contributed by atoms with Gasteiger partial charge in [0.05, 0.1) is 6.42 Å². The van der Waals surface area contributed by atoms with Gasteiger partial charge in [-0.15, -0.1) is 0 Å². The Bertz CT molecular complexity index is 526. The molecule has 0 fully saturated rings. The number of carbonyl (C=O) groups excluding carboxylic acids is 1. The van der Waals surface area contributed by atoms with Crippen LogP contribution in [0.3, 0.4) is 0 Å². The summed E-state index contributed by atoms with van der Waals surface area (Å²) >= 11 is 0. The van der Waals surface area contributed by atoms with Gasteiger partial charge in [-0.3, -0.25) is 9.69 Å². The normalized spacial score (nSPS) is 13.3. The third-order valence-corrected chi connectivity index (χ3v) is 3.45. The second-order valence-electron chi connectivity index (χ2n) is 4.84. The number of rotatable bonds is 3. The minimum Gasteiger partial charge on any atom is -0.481 e. The molecule has 1 aliphatic heterocycles. The van der Waals surface area contributed by atoms with Crippen LogP contribution in [-0.2, 0) is 11.2 Å². The largest absolute Gasteiger partial charge is 0.481 e. The summed E-state index contributed by atoms with van der Waals surface area (Å²) in [6.07, 6.45) is 0.794. The van der Waals surface area contributed by atoms with Crippen LogP contribution in [0.1, 0.15) is 23.1 Å². The minimum atomic E-state index is -0.909. The molecule has 0 bridgehead atoms. The number of fused-ring (bicyclic) bond motifs is 1. The van der Waals surface area contributed by atoms with Gasteiger partial charge in [-0.25, -0.2) is 4.79 Å². The standard InChI is InChI=1S/C14H18N2O3/c1-9-7-11-4-6-16(12(11)8-10(9)2)14(19)15-5-3-13(17)18/h7-8H,3-6H2,1-2H3,(H,15,19)(H,17,18). The van der Waals surface area contributed by atoms with E-state index in [1.54, 1.807) is 4.90 Å². The van der Waals surface area contributed by atoms with Crippen LogP contribution in [0.2, 0.25) is 0 Å². The van der Waals surface area contributed by atoms with Gasteiger partial charge in [-0.2, -0.15) is 0 Å². The molecule has 1 aromatic rings. The molecule has 0 unspecified atom stereocenters. The Hall–Kier alpha value is -2.04. The number of aliphatic carboxylic acids is 1. The Morgan fingerprint density at radius 2 is 2.00 bits per heavy atom. The molecule has 1 heterocycles. The van der Waals surface area contributed by atoms with E-state index in [1.165, 1.54) is 11.1 Å². The Kier molecular flexibility index (Phi) is 3.74. The third kappa shape index (κ3) is 2.86. The second kappa shape index (κ2) is 5.30. The number of carboxylic acids is 1. The first-order valence-corrected chi connectivity index (χ1v) is 6.36. The van der Waals surface area contributed by atoms with E-state index in [4.69, 9.17) is 5.11 Å². The second-order valence-corrected chi connectivity index (χ2v) is 4.84. The molecule has 2 N–H and O–H groups in total. The Labute approximate surface area is 112 Å². The van der Waals surface area contributed by atoms with Crippen molar-refractivity contribution in [3.8, 4) is 0 Å². The fraction of sp³-hybridized carbons (Fsp3) is 0.429. The van der Waals surface area contributed by atoms with Crippen LogP contribution in [-0.4, -0.2) is 30.2 Å². The molecule has 5 nitrogen and oxygen atoms in total. The number of hydrogen-bond donors (Lipinski definition) is 2. The summed E-state index contributed by atoms with van der Waals surface area (Å²) in [5.74, 6) is -0.909. The third-order valence-electron chi connectivity index (χ3n) is 3.45. The van der Waals surface area contributed by atoms with Crippen molar-refractivity contribution in [2.24, 2.45) is 0 Å². The van der Waals surface area contributed by atoms with Crippen molar-refractivity contribution >= 4 is 17.7 Å². The highest BCUT2D eigenvalue weighted by Gasteiger charge is 2.24. The van der Waals surface area contributed by atoms with Crippen molar-refractivity contribution < 1.29 is 14.7 Å². The van der Waals surface area contributed by atoms with E-state index in [9.17, 15) is 9.59 Å². The van der Waals surface area contributed by atoms with E-state index in [0.29, 0.717) is 6.54 Å². The molecule has 5 heteroatoms. The van der Waals surface area contributed by atoms with Crippen molar-refractivity contribution in [3.63, 3.8) is 0 Å². The quantitative estimate of drug-likeness (QED) is 0.873. The number of carboxylic acid groups (broad SMARTS) is 1. The summed E-state index contributed by atoms with van der Waals surface area (Å²) in [5, 5.41) is 11.2. The molecule has 2 amide bonds. The zero-order chi connectivity index (χ0) is 14.0. The lowest BCUT2D eigenvalue weighted by Gasteiger charge is -2.18. The maximum atomic E-state index is 12.0. The van der Waals surface area contributed by atoms with E-state index in [2.05, 4.69) is 18.3 Å². The molecule has 0 saturated heterocycles.